The average Bonchev–Trinajstić information content (AvgIpc) is 3.09. The molecule has 1 saturated heterocycles. The highest BCUT2D eigenvalue weighted by Crippen LogP contribution is 2.23. The number of piperazine rings is 1. The molecule has 3 aromatic rings. The number of halogens is 2. The summed E-state index contributed by atoms with van der Waals surface area (Å²) in [5.41, 5.74) is 3.00. The molecule has 29 heavy (non-hydrogen) atoms. The van der Waals surface area contributed by atoms with Crippen LogP contribution in [-0.4, -0.2) is 52.4 Å². The summed E-state index contributed by atoms with van der Waals surface area (Å²) in [6.45, 7) is 6.46. The van der Waals surface area contributed by atoms with Crippen molar-refractivity contribution in [2.24, 2.45) is 0 Å². The number of nitrogens with zero attached hydrogens (tertiary/aromatic N) is 5. The van der Waals surface area contributed by atoms with Crippen molar-refractivity contribution in [2.75, 3.05) is 37.6 Å². The van der Waals surface area contributed by atoms with Gasteiger partial charge in [0, 0.05) is 55.2 Å². The van der Waals surface area contributed by atoms with Crippen LogP contribution in [0.2, 0.25) is 5.02 Å². The molecule has 0 unspecified atom stereocenters. The predicted octanol–water partition coefficient (Wildman–Crippen LogP) is 4.20. The van der Waals surface area contributed by atoms with E-state index in [1.807, 2.05) is 42.1 Å². The topological polar surface area (TPSA) is 37.2 Å². The maximum atomic E-state index is 13.6. The summed E-state index contributed by atoms with van der Waals surface area (Å²) in [5, 5.41) is 4.89. The fraction of sp³-hybridized carbons (Fsp3) is 0.273. The van der Waals surface area contributed by atoms with E-state index >= 15 is 0 Å². The monoisotopic (exact) mass is 411 g/mol. The first-order valence-corrected chi connectivity index (χ1v) is 10.0. The van der Waals surface area contributed by atoms with E-state index in [2.05, 4.69) is 32.0 Å². The van der Waals surface area contributed by atoms with Gasteiger partial charge in [-0.15, -0.1) is 0 Å². The predicted molar refractivity (Wildman–Crippen MR) is 115 cm³/mol. The lowest BCUT2D eigenvalue weighted by molar-refractivity contribution is 0.284. The minimum Gasteiger partial charge on any atom is -0.369 e. The molecule has 0 bridgehead atoms. The van der Waals surface area contributed by atoms with Crippen molar-refractivity contribution in [1.82, 2.24) is 19.7 Å². The number of rotatable bonds is 5. The summed E-state index contributed by atoms with van der Waals surface area (Å²) in [5.74, 6) is 0.526. The second kappa shape index (κ2) is 8.76. The molecule has 2 aromatic heterocycles. The molecule has 150 valence electrons. The van der Waals surface area contributed by atoms with E-state index < -0.39 is 0 Å². The molecule has 7 heteroatoms. The first-order valence-electron chi connectivity index (χ1n) is 9.66. The maximum Gasteiger partial charge on any atom is 0.153 e. The molecule has 0 radical (unpaired) electrons. The Labute approximate surface area is 175 Å². The second-order valence-electron chi connectivity index (χ2n) is 7.10. The van der Waals surface area contributed by atoms with Crippen LogP contribution in [0.5, 0.6) is 0 Å². The van der Waals surface area contributed by atoms with Gasteiger partial charge in [-0.3, -0.25) is 4.90 Å². The quantitative estimate of drug-likeness (QED) is 0.630. The SMILES string of the molecule is Cc1c(/C=C/CN2CCN(c3cc(F)cc(Cl)c3)CC2)cnn1-c1ccccn1. The standard InChI is InChI=1S/C22H23ClFN5/c1-17-18(16-26-29(17)22-6-2-3-7-25-22)5-4-8-27-9-11-28(12-10-27)21-14-19(23)13-20(24)15-21/h2-7,13-16H,8-12H2,1H3/b5-4+. The van der Waals surface area contributed by atoms with E-state index in [9.17, 15) is 4.39 Å². The molecule has 0 atom stereocenters. The van der Waals surface area contributed by atoms with Gasteiger partial charge < -0.3 is 4.90 Å². The van der Waals surface area contributed by atoms with Gasteiger partial charge in [0.15, 0.2) is 5.82 Å². The highest BCUT2D eigenvalue weighted by molar-refractivity contribution is 6.30. The molecule has 1 aliphatic heterocycles. The van der Waals surface area contributed by atoms with Crippen LogP contribution in [0.25, 0.3) is 11.9 Å². The number of hydrogen-bond donors (Lipinski definition) is 0. The van der Waals surface area contributed by atoms with Gasteiger partial charge in [-0.1, -0.05) is 29.8 Å². The van der Waals surface area contributed by atoms with Crippen LogP contribution in [0, 0.1) is 12.7 Å². The minimum atomic E-state index is -0.292. The highest BCUT2D eigenvalue weighted by Gasteiger charge is 2.17. The summed E-state index contributed by atoms with van der Waals surface area (Å²) in [6.07, 6.45) is 7.91. The molecule has 1 aliphatic rings. The summed E-state index contributed by atoms with van der Waals surface area (Å²) in [7, 11) is 0. The van der Waals surface area contributed by atoms with E-state index in [1.54, 1.807) is 12.3 Å². The molecule has 0 aliphatic carbocycles. The zero-order chi connectivity index (χ0) is 20.2. The van der Waals surface area contributed by atoms with Gasteiger partial charge in [0.05, 0.1) is 11.9 Å². The van der Waals surface area contributed by atoms with Crippen LogP contribution in [0.15, 0.2) is 54.9 Å². The number of benzene rings is 1. The van der Waals surface area contributed by atoms with Crippen LogP contribution in [0.4, 0.5) is 10.1 Å². The second-order valence-corrected chi connectivity index (χ2v) is 7.54. The number of hydrogen-bond acceptors (Lipinski definition) is 4. The van der Waals surface area contributed by atoms with Crippen molar-refractivity contribution >= 4 is 23.4 Å². The third kappa shape index (κ3) is 4.66. The van der Waals surface area contributed by atoms with Crippen molar-refractivity contribution in [3.8, 4) is 5.82 Å². The third-order valence-electron chi connectivity index (χ3n) is 5.16. The Balaban J connectivity index is 1.33. The van der Waals surface area contributed by atoms with Gasteiger partial charge in [0.1, 0.15) is 5.82 Å². The molecule has 5 nitrogen and oxygen atoms in total. The lowest BCUT2D eigenvalue weighted by Crippen LogP contribution is -2.46. The van der Waals surface area contributed by atoms with Crippen LogP contribution in [-0.2, 0) is 0 Å². The van der Waals surface area contributed by atoms with Crippen molar-refractivity contribution in [3.63, 3.8) is 0 Å². The van der Waals surface area contributed by atoms with E-state index in [0.29, 0.717) is 5.02 Å². The Bertz CT molecular complexity index is 973. The van der Waals surface area contributed by atoms with Crippen molar-refractivity contribution in [2.45, 2.75) is 6.92 Å². The van der Waals surface area contributed by atoms with E-state index in [1.165, 1.54) is 6.07 Å². The van der Waals surface area contributed by atoms with Gasteiger partial charge >= 0.3 is 0 Å². The molecular weight excluding hydrogens is 389 g/mol. The summed E-state index contributed by atoms with van der Waals surface area (Å²) >= 11 is 5.98. The minimum absolute atomic E-state index is 0.292. The Morgan fingerprint density at radius 2 is 1.97 bits per heavy atom. The average molecular weight is 412 g/mol. The number of aromatic nitrogens is 3. The maximum absolute atomic E-state index is 13.6. The zero-order valence-electron chi connectivity index (χ0n) is 16.3. The zero-order valence-corrected chi connectivity index (χ0v) is 17.1. The lowest BCUT2D eigenvalue weighted by Gasteiger charge is -2.35. The molecule has 1 aromatic carbocycles. The lowest BCUT2D eigenvalue weighted by atomic mass is 10.2. The Hall–Kier alpha value is -2.70. The smallest absolute Gasteiger partial charge is 0.153 e. The van der Waals surface area contributed by atoms with Crippen LogP contribution < -0.4 is 4.90 Å². The molecule has 3 heterocycles. The summed E-state index contributed by atoms with van der Waals surface area (Å²) in [6, 6.07) is 10.5. The van der Waals surface area contributed by atoms with E-state index in [-0.39, 0.29) is 5.82 Å². The fourth-order valence-corrected chi connectivity index (χ4v) is 3.75. The molecule has 0 spiro atoms. The van der Waals surface area contributed by atoms with Crippen molar-refractivity contribution in [1.29, 1.82) is 0 Å². The van der Waals surface area contributed by atoms with E-state index in [0.717, 1.165) is 55.5 Å². The number of anilines is 1. The Kier molecular flexibility index (Phi) is 5.92. The Morgan fingerprint density at radius 1 is 1.14 bits per heavy atom. The molecule has 1 fully saturated rings. The molecule has 0 amide bonds. The number of pyridine rings is 1. The van der Waals surface area contributed by atoms with Gasteiger partial charge in [-0.05, 0) is 37.3 Å². The van der Waals surface area contributed by atoms with Crippen LogP contribution >= 0.6 is 11.6 Å². The normalized spacial score (nSPS) is 15.3. The summed E-state index contributed by atoms with van der Waals surface area (Å²) in [4.78, 5) is 8.91. The van der Waals surface area contributed by atoms with Crippen LogP contribution in [0.3, 0.4) is 0 Å². The molecule has 4 rings (SSSR count). The van der Waals surface area contributed by atoms with Gasteiger partial charge in [-0.25, -0.2) is 14.1 Å². The van der Waals surface area contributed by atoms with Crippen molar-refractivity contribution < 1.29 is 4.39 Å². The Morgan fingerprint density at radius 3 is 2.69 bits per heavy atom. The van der Waals surface area contributed by atoms with E-state index in [4.69, 9.17) is 11.6 Å². The van der Waals surface area contributed by atoms with Gasteiger partial charge in [-0.2, -0.15) is 5.10 Å². The highest BCUT2D eigenvalue weighted by atomic mass is 35.5. The largest absolute Gasteiger partial charge is 0.369 e. The van der Waals surface area contributed by atoms with Gasteiger partial charge in [0.2, 0.25) is 0 Å². The first kappa shape index (κ1) is 19.6. The van der Waals surface area contributed by atoms with Crippen LogP contribution in [0.1, 0.15) is 11.3 Å². The fourth-order valence-electron chi connectivity index (χ4n) is 3.54. The third-order valence-corrected chi connectivity index (χ3v) is 5.38. The molecule has 0 N–H and O–H groups in total. The first-order chi connectivity index (χ1) is 14.1. The molecular formula is C22H23ClFN5. The van der Waals surface area contributed by atoms with Gasteiger partial charge in [0.25, 0.3) is 0 Å². The van der Waals surface area contributed by atoms with Crippen molar-refractivity contribution in [3.05, 3.63) is 77.0 Å². The summed E-state index contributed by atoms with van der Waals surface area (Å²) < 4.78 is 15.4. The molecule has 0 saturated carbocycles.